The van der Waals surface area contributed by atoms with E-state index in [0.717, 1.165) is 0 Å². The van der Waals surface area contributed by atoms with Crippen LogP contribution in [0.1, 0.15) is 0 Å². The summed E-state index contributed by atoms with van der Waals surface area (Å²) in [5.41, 5.74) is 4.63. The minimum Gasteiger partial charge on any atom is -0.302 e. The molecule has 0 unspecified atom stereocenters. The molecule has 0 saturated heterocycles. The van der Waals surface area contributed by atoms with E-state index in [9.17, 15) is 9.59 Å². The third-order valence-corrected chi connectivity index (χ3v) is 2.27. The first kappa shape index (κ1) is 11.8. The van der Waals surface area contributed by atoms with Gasteiger partial charge in [0.25, 0.3) is 0 Å². The molecular weight excluding hydrogens is 236 g/mol. The molecule has 2 aromatic rings. The van der Waals surface area contributed by atoms with Gasteiger partial charge in [0.05, 0.1) is 0 Å². The van der Waals surface area contributed by atoms with Crippen LogP contribution in [-0.4, -0.2) is 19.1 Å². The Morgan fingerprint density at radius 2 is 1.28 bits per heavy atom. The first-order valence-corrected chi connectivity index (χ1v) is 5.15. The Kier molecular flexibility index (Phi) is 3.09. The fourth-order valence-corrected chi connectivity index (χ4v) is 1.20. The van der Waals surface area contributed by atoms with Crippen LogP contribution in [0.5, 0.6) is 0 Å². The molecule has 0 aliphatic heterocycles. The molecule has 2 aromatic heterocycles. The van der Waals surface area contributed by atoms with E-state index < -0.39 is 0 Å². The van der Waals surface area contributed by atoms with Crippen molar-refractivity contribution >= 4 is 11.6 Å². The first-order chi connectivity index (χ1) is 8.56. The lowest BCUT2D eigenvalue weighted by Gasteiger charge is -2.08. The molecule has 0 fully saturated rings. The Labute approximate surface area is 102 Å². The highest BCUT2D eigenvalue weighted by atomic mass is 16.1. The fourth-order valence-electron chi connectivity index (χ4n) is 1.20. The summed E-state index contributed by atoms with van der Waals surface area (Å²) in [7, 11) is 3.21. The van der Waals surface area contributed by atoms with Crippen molar-refractivity contribution in [3.8, 4) is 0 Å². The predicted molar refractivity (Wildman–Crippen MR) is 66.2 cm³/mol. The number of anilines is 2. The van der Waals surface area contributed by atoms with Crippen LogP contribution >= 0.6 is 0 Å². The van der Waals surface area contributed by atoms with Crippen LogP contribution in [0.2, 0.25) is 0 Å². The molecule has 0 aliphatic carbocycles. The largest absolute Gasteiger partial charge is 0.349 e. The molecule has 0 aromatic carbocycles. The SMILES string of the molecule is Cn1ccc(NNc2ccn(C)c(=O)n2)nc1=O. The monoisotopic (exact) mass is 248 g/mol. The van der Waals surface area contributed by atoms with Gasteiger partial charge >= 0.3 is 11.4 Å². The average molecular weight is 248 g/mol. The summed E-state index contributed by atoms with van der Waals surface area (Å²) in [6.45, 7) is 0. The number of nitrogens with one attached hydrogen (secondary N) is 2. The van der Waals surface area contributed by atoms with E-state index in [-0.39, 0.29) is 11.4 Å². The molecular formula is C10H12N6O2. The summed E-state index contributed by atoms with van der Waals surface area (Å²) in [6, 6.07) is 3.24. The van der Waals surface area contributed by atoms with Gasteiger partial charge in [-0.1, -0.05) is 0 Å². The maximum Gasteiger partial charge on any atom is 0.349 e. The standard InChI is InChI=1S/C10H12N6O2/c1-15-5-3-7(11-9(15)17)13-14-8-4-6-16(2)10(18)12-8/h3-6H,1-2H3,(H,11,13,17)(H,12,14,18). The van der Waals surface area contributed by atoms with Gasteiger partial charge < -0.3 is 9.13 Å². The maximum absolute atomic E-state index is 11.3. The molecule has 0 bridgehead atoms. The quantitative estimate of drug-likeness (QED) is 0.698. The van der Waals surface area contributed by atoms with Crippen molar-refractivity contribution in [3.63, 3.8) is 0 Å². The molecule has 8 nitrogen and oxygen atoms in total. The molecule has 0 radical (unpaired) electrons. The third kappa shape index (κ3) is 2.54. The molecule has 0 spiro atoms. The van der Waals surface area contributed by atoms with Crippen molar-refractivity contribution in [2.24, 2.45) is 14.1 Å². The highest BCUT2D eigenvalue weighted by Crippen LogP contribution is 2.00. The summed E-state index contributed by atoms with van der Waals surface area (Å²) in [4.78, 5) is 30.0. The number of hydrogen-bond acceptors (Lipinski definition) is 6. The van der Waals surface area contributed by atoms with E-state index >= 15 is 0 Å². The van der Waals surface area contributed by atoms with E-state index in [1.165, 1.54) is 9.13 Å². The van der Waals surface area contributed by atoms with Gasteiger partial charge in [0.15, 0.2) is 11.6 Å². The summed E-state index contributed by atoms with van der Waals surface area (Å²) >= 11 is 0. The molecule has 0 amide bonds. The van der Waals surface area contributed by atoms with Crippen molar-refractivity contribution in [3.05, 3.63) is 45.5 Å². The average Bonchev–Trinajstić information content (AvgIpc) is 2.35. The second kappa shape index (κ2) is 4.70. The number of rotatable bonds is 3. The lowest BCUT2D eigenvalue weighted by atomic mass is 10.6. The second-order valence-electron chi connectivity index (χ2n) is 3.66. The molecule has 0 aliphatic rings. The Hall–Kier alpha value is -2.64. The minimum atomic E-state index is -0.376. The van der Waals surface area contributed by atoms with Gasteiger partial charge in [0.1, 0.15) is 0 Å². The lowest BCUT2D eigenvalue weighted by Crippen LogP contribution is -2.24. The van der Waals surface area contributed by atoms with E-state index in [2.05, 4.69) is 20.8 Å². The number of hydrogen-bond donors (Lipinski definition) is 2. The van der Waals surface area contributed by atoms with Gasteiger partial charge in [-0.15, -0.1) is 0 Å². The second-order valence-corrected chi connectivity index (χ2v) is 3.66. The number of nitrogens with zero attached hydrogens (tertiary/aromatic N) is 4. The molecule has 94 valence electrons. The van der Waals surface area contributed by atoms with Gasteiger partial charge in [-0.2, -0.15) is 9.97 Å². The van der Waals surface area contributed by atoms with E-state index in [1.807, 2.05) is 0 Å². The Balaban J connectivity index is 2.11. The molecule has 2 heterocycles. The zero-order valence-corrected chi connectivity index (χ0v) is 9.91. The Morgan fingerprint density at radius 3 is 1.61 bits per heavy atom. The Bertz CT molecular complexity index is 615. The van der Waals surface area contributed by atoms with Crippen molar-refractivity contribution in [1.82, 2.24) is 19.1 Å². The summed E-state index contributed by atoms with van der Waals surface area (Å²) in [5, 5.41) is 0. The van der Waals surface area contributed by atoms with Gasteiger partial charge in [-0.3, -0.25) is 10.9 Å². The van der Waals surface area contributed by atoms with E-state index in [4.69, 9.17) is 0 Å². The maximum atomic E-state index is 11.3. The molecule has 0 saturated carbocycles. The molecule has 8 heteroatoms. The van der Waals surface area contributed by atoms with E-state index in [0.29, 0.717) is 11.6 Å². The highest BCUT2D eigenvalue weighted by Gasteiger charge is 1.99. The van der Waals surface area contributed by atoms with Crippen molar-refractivity contribution in [1.29, 1.82) is 0 Å². The van der Waals surface area contributed by atoms with Crippen LogP contribution in [0.25, 0.3) is 0 Å². The predicted octanol–water partition coefficient (Wildman–Crippen LogP) is -0.687. The van der Waals surface area contributed by atoms with Gasteiger partial charge in [-0.25, -0.2) is 9.59 Å². The summed E-state index contributed by atoms with van der Waals surface area (Å²) < 4.78 is 2.70. The van der Waals surface area contributed by atoms with Crippen LogP contribution in [0.4, 0.5) is 11.6 Å². The summed E-state index contributed by atoms with van der Waals surface area (Å²) in [5.74, 6) is 0.696. The molecule has 0 atom stereocenters. The summed E-state index contributed by atoms with van der Waals surface area (Å²) in [6.07, 6.45) is 3.16. The Morgan fingerprint density at radius 1 is 0.889 bits per heavy atom. The number of aryl methyl sites for hydroxylation is 2. The molecule has 2 N–H and O–H groups in total. The van der Waals surface area contributed by atoms with Gasteiger partial charge in [0.2, 0.25) is 0 Å². The smallest absolute Gasteiger partial charge is 0.302 e. The highest BCUT2D eigenvalue weighted by molar-refractivity contribution is 5.42. The zero-order valence-electron chi connectivity index (χ0n) is 9.91. The fraction of sp³-hybridized carbons (Fsp3) is 0.200. The lowest BCUT2D eigenvalue weighted by molar-refractivity contribution is 0.807. The third-order valence-electron chi connectivity index (χ3n) is 2.27. The zero-order chi connectivity index (χ0) is 13.1. The number of hydrazine groups is 1. The minimum absolute atomic E-state index is 0.348. The van der Waals surface area contributed by atoms with Crippen LogP contribution in [0, 0.1) is 0 Å². The van der Waals surface area contributed by atoms with Crippen molar-refractivity contribution in [2.45, 2.75) is 0 Å². The molecule has 2 rings (SSSR count). The topological polar surface area (TPSA) is 93.8 Å². The van der Waals surface area contributed by atoms with Crippen molar-refractivity contribution in [2.75, 3.05) is 10.9 Å². The van der Waals surface area contributed by atoms with Crippen LogP contribution in [0.3, 0.4) is 0 Å². The van der Waals surface area contributed by atoms with E-state index in [1.54, 1.807) is 38.6 Å². The van der Waals surface area contributed by atoms with Gasteiger partial charge in [0, 0.05) is 26.5 Å². The van der Waals surface area contributed by atoms with Gasteiger partial charge in [-0.05, 0) is 12.1 Å². The number of aromatic nitrogens is 4. The van der Waals surface area contributed by atoms with Crippen LogP contribution in [-0.2, 0) is 14.1 Å². The molecule has 18 heavy (non-hydrogen) atoms. The normalized spacial score (nSPS) is 10.1. The van der Waals surface area contributed by atoms with Crippen LogP contribution in [0.15, 0.2) is 34.1 Å². The first-order valence-electron chi connectivity index (χ1n) is 5.15. The van der Waals surface area contributed by atoms with Crippen LogP contribution < -0.4 is 22.2 Å². The van der Waals surface area contributed by atoms with Crippen molar-refractivity contribution < 1.29 is 0 Å².